The minimum absolute atomic E-state index is 0. The second kappa shape index (κ2) is 9.93. The van der Waals surface area contributed by atoms with Gasteiger partial charge >= 0.3 is 0 Å². The molecule has 0 bridgehead atoms. The first-order valence-electron chi connectivity index (χ1n) is 7.57. The molecule has 1 saturated carbocycles. The van der Waals surface area contributed by atoms with Crippen LogP contribution in [0.3, 0.4) is 0 Å². The van der Waals surface area contributed by atoms with Gasteiger partial charge in [-0.05, 0) is 43.9 Å². The van der Waals surface area contributed by atoms with E-state index in [9.17, 15) is 4.79 Å². The summed E-state index contributed by atoms with van der Waals surface area (Å²) in [6.45, 7) is 1.14. The molecule has 1 amide bonds. The van der Waals surface area contributed by atoms with E-state index >= 15 is 0 Å². The molecule has 0 saturated heterocycles. The number of halogens is 2. The fourth-order valence-electron chi connectivity index (χ4n) is 2.76. The highest BCUT2D eigenvalue weighted by Crippen LogP contribution is 2.25. The number of para-hydroxylation sites is 1. The van der Waals surface area contributed by atoms with Crippen molar-refractivity contribution in [1.82, 2.24) is 5.32 Å². The maximum absolute atomic E-state index is 11.9. The Morgan fingerprint density at radius 3 is 2.86 bits per heavy atom. The van der Waals surface area contributed by atoms with Crippen LogP contribution >= 0.6 is 24.0 Å². The van der Waals surface area contributed by atoms with E-state index in [1.54, 1.807) is 6.07 Å². The lowest BCUT2D eigenvalue weighted by Crippen LogP contribution is -2.39. The molecule has 6 heteroatoms. The zero-order valence-electron chi connectivity index (χ0n) is 12.6. The van der Waals surface area contributed by atoms with Gasteiger partial charge in [-0.2, -0.15) is 0 Å². The lowest BCUT2D eigenvalue weighted by Gasteiger charge is -2.19. The van der Waals surface area contributed by atoms with Crippen LogP contribution in [0.15, 0.2) is 24.3 Å². The highest BCUT2D eigenvalue weighted by molar-refractivity contribution is 6.32. The molecule has 0 heterocycles. The topological polar surface area (TPSA) is 64.3 Å². The quantitative estimate of drug-likeness (QED) is 0.745. The van der Waals surface area contributed by atoms with Crippen LogP contribution in [0, 0.1) is 5.92 Å². The van der Waals surface area contributed by atoms with E-state index in [0.29, 0.717) is 42.7 Å². The molecule has 4 nitrogen and oxygen atoms in total. The Kier molecular flexibility index (Phi) is 8.61. The van der Waals surface area contributed by atoms with Crippen LogP contribution < -0.4 is 15.8 Å². The molecule has 0 radical (unpaired) electrons. The smallest absolute Gasteiger partial charge is 0.220 e. The molecule has 2 atom stereocenters. The lowest BCUT2D eigenvalue weighted by atomic mass is 10.0. The summed E-state index contributed by atoms with van der Waals surface area (Å²) >= 11 is 5.99. The van der Waals surface area contributed by atoms with Gasteiger partial charge in [0.25, 0.3) is 0 Å². The van der Waals surface area contributed by atoms with Crippen molar-refractivity contribution < 1.29 is 9.53 Å². The Bertz CT molecular complexity index is 471. The van der Waals surface area contributed by atoms with Crippen LogP contribution in [-0.4, -0.2) is 25.1 Å². The van der Waals surface area contributed by atoms with Crippen LogP contribution in [0.2, 0.25) is 5.02 Å². The predicted octanol–water partition coefficient (Wildman–Crippen LogP) is 3.16. The van der Waals surface area contributed by atoms with Gasteiger partial charge in [0.1, 0.15) is 5.75 Å². The van der Waals surface area contributed by atoms with Crippen molar-refractivity contribution in [2.45, 2.75) is 38.1 Å². The highest BCUT2D eigenvalue weighted by Gasteiger charge is 2.26. The summed E-state index contributed by atoms with van der Waals surface area (Å²) in [5.74, 6) is 1.19. The first-order chi connectivity index (χ1) is 10.2. The first-order valence-corrected chi connectivity index (χ1v) is 7.95. The maximum Gasteiger partial charge on any atom is 0.220 e. The van der Waals surface area contributed by atoms with Gasteiger partial charge in [-0.15, -0.1) is 12.4 Å². The fourth-order valence-corrected chi connectivity index (χ4v) is 2.95. The van der Waals surface area contributed by atoms with Crippen molar-refractivity contribution in [3.8, 4) is 5.75 Å². The average molecular weight is 347 g/mol. The molecule has 1 aliphatic rings. The third-order valence-electron chi connectivity index (χ3n) is 3.95. The molecule has 0 aliphatic heterocycles. The number of carbonyl (C=O) groups is 1. The van der Waals surface area contributed by atoms with Gasteiger partial charge in [0, 0.05) is 12.5 Å². The van der Waals surface area contributed by atoms with Crippen molar-refractivity contribution in [1.29, 1.82) is 0 Å². The van der Waals surface area contributed by atoms with Gasteiger partial charge in [-0.25, -0.2) is 0 Å². The first kappa shape index (κ1) is 19.1. The number of nitrogens with two attached hydrogens (primary N) is 1. The van der Waals surface area contributed by atoms with Gasteiger partial charge < -0.3 is 15.8 Å². The van der Waals surface area contributed by atoms with Crippen molar-refractivity contribution in [2.75, 3.05) is 13.2 Å². The second-order valence-electron chi connectivity index (χ2n) is 5.48. The number of carbonyl (C=O) groups excluding carboxylic acids is 1. The van der Waals surface area contributed by atoms with Crippen LogP contribution in [0.4, 0.5) is 0 Å². The summed E-state index contributed by atoms with van der Waals surface area (Å²) in [6.07, 6.45) is 4.47. The van der Waals surface area contributed by atoms with E-state index in [1.807, 2.05) is 18.2 Å². The molecule has 1 aliphatic carbocycles. The monoisotopic (exact) mass is 346 g/mol. The number of ether oxygens (including phenoxy) is 1. The van der Waals surface area contributed by atoms with Crippen LogP contribution in [-0.2, 0) is 4.79 Å². The maximum atomic E-state index is 11.9. The molecule has 2 rings (SSSR count). The Morgan fingerprint density at radius 1 is 1.36 bits per heavy atom. The van der Waals surface area contributed by atoms with Gasteiger partial charge in [-0.1, -0.05) is 30.2 Å². The van der Waals surface area contributed by atoms with E-state index < -0.39 is 0 Å². The summed E-state index contributed by atoms with van der Waals surface area (Å²) < 4.78 is 5.57. The van der Waals surface area contributed by atoms with Crippen LogP contribution in [0.5, 0.6) is 5.75 Å². The van der Waals surface area contributed by atoms with E-state index in [2.05, 4.69) is 5.32 Å². The number of hydrogen-bond donors (Lipinski definition) is 2. The van der Waals surface area contributed by atoms with Crippen molar-refractivity contribution in [3.63, 3.8) is 0 Å². The van der Waals surface area contributed by atoms with Crippen LogP contribution in [0.25, 0.3) is 0 Å². The molecule has 124 valence electrons. The minimum Gasteiger partial charge on any atom is -0.492 e. The second-order valence-corrected chi connectivity index (χ2v) is 5.89. The van der Waals surface area contributed by atoms with Gasteiger partial charge in [0.2, 0.25) is 5.91 Å². The van der Waals surface area contributed by atoms with E-state index in [-0.39, 0.29) is 24.4 Å². The number of benzene rings is 1. The summed E-state index contributed by atoms with van der Waals surface area (Å²) in [5.41, 5.74) is 5.72. The van der Waals surface area contributed by atoms with E-state index in [0.717, 1.165) is 19.3 Å². The Morgan fingerprint density at radius 2 is 2.14 bits per heavy atom. The van der Waals surface area contributed by atoms with Crippen molar-refractivity contribution in [3.05, 3.63) is 29.3 Å². The molecule has 1 aromatic rings. The van der Waals surface area contributed by atoms with Crippen molar-refractivity contribution >= 4 is 29.9 Å². The molecular formula is C16H24Cl2N2O2. The molecule has 3 N–H and O–H groups in total. The fraction of sp³-hybridized carbons (Fsp3) is 0.562. The van der Waals surface area contributed by atoms with E-state index in [1.165, 1.54) is 0 Å². The predicted molar refractivity (Wildman–Crippen MR) is 91.8 cm³/mol. The number of hydrogen-bond acceptors (Lipinski definition) is 3. The normalized spacial score (nSPS) is 20.3. The number of nitrogens with one attached hydrogen (secondary N) is 1. The zero-order valence-corrected chi connectivity index (χ0v) is 14.2. The average Bonchev–Trinajstić information content (AvgIpc) is 2.92. The summed E-state index contributed by atoms with van der Waals surface area (Å²) in [7, 11) is 0. The van der Waals surface area contributed by atoms with Crippen molar-refractivity contribution in [2.24, 2.45) is 11.7 Å². The molecule has 22 heavy (non-hydrogen) atoms. The number of rotatable bonds is 7. The Hall–Kier alpha value is -0.970. The lowest BCUT2D eigenvalue weighted by molar-refractivity contribution is -0.122. The highest BCUT2D eigenvalue weighted by atomic mass is 35.5. The van der Waals surface area contributed by atoms with Gasteiger partial charge in [0.05, 0.1) is 11.6 Å². The third kappa shape index (κ3) is 5.67. The van der Waals surface area contributed by atoms with E-state index in [4.69, 9.17) is 22.1 Å². The van der Waals surface area contributed by atoms with Crippen LogP contribution in [0.1, 0.15) is 32.1 Å². The molecule has 1 aromatic carbocycles. The minimum atomic E-state index is 0. The molecule has 0 spiro atoms. The standard InChI is InChI=1S/C16H23ClN2O2.ClH/c17-13-6-1-2-8-15(13)21-10-4-9-16(20)19-14-7-3-5-12(14)11-18;/h1-2,6,8,12,14H,3-5,7,9-11,18H2,(H,19,20);1H. The summed E-state index contributed by atoms with van der Waals surface area (Å²) in [6, 6.07) is 7.61. The number of amides is 1. The Labute approximate surface area is 143 Å². The molecule has 2 unspecified atom stereocenters. The Balaban J connectivity index is 0.00000242. The zero-order chi connectivity index (χ0) is 15.1. The summed E-state index contributed by atoms with van der Waals surface area (Å²) in [4.78, 5) is 11.9. The molecule has 0 aromatic heterocycles. The molecule has 1 fully saturated rings. The van der Waals surface area contributed by atoms with Gasteiger partial charge in [0.15, 0.2) is 0 Å². The van der Waals surface area contributed by atoms with Gasteiger partial charge in [-0.3, -0.25) is 4.79 Å². The SMILES string of the molecule is Cl.NCC1CCCC1NC(=O)CCCOc1ccccc1Cl. The third-order valence-corrected chi connectivity index (χ3v) is 4.26. The largest absolute Gasteiger partial charge is 0.492 e. The summed E-state index contributed by atoms with van der Waals surface area (Å²) in [5, 5.41) is 3.69. The molecular weight excluding hydrogens is 323 g/mol.